The summed E-state index contributed by atoms with van der Waals surface area (Å²) in [5, 5.41) is 12.7. The maximum absolute atomic E-state index is 12.7. The van der Waals surface area contributed by atoms with E-state index in [2.05, 4.69) is 5.16 Å². The third kappa shape index (κ3) is 4.56. The van der Waals surface area contributed by atoms with Gasteiger partial charge in [-0.05, 0) is 45.4 Å². The van der Waals surface area contributed by atoms with Crippen LogP contribution in [0.1, 0.15) is 49.6 Å². The van der Waals surface area contributed by atoms with Gasteiger partial charge in [-0.25, -0.2) is 0 Å². The number of carbonyl (C=O) groups excluding carboxylic acids is 1. The van der Waals surface area contributed by atoms with E-state index in [1.54, 1.807) is 0 Å². The lowest BCUT2D eigenvalue weighted by Gasteiger charge is -2.34. The number of piperidine rings is 1. The molecule has 1 N–H and O–H groups in total. The number of carboxylic acids is 1. The number of carboxylic acid groups (broad SMARTS) is 1. The number of aryl methyl sites for hydroxylation is 2. The van der Waals surface area contributed by atoms with Gasteiger partial charge >= 0.3 is 5.97 Å². The minimum atomic E-state index is -0.764. The molecule has 23 heavy (non-hydrogen) atoms. The van der Waals surface area contributed by atoms with Crippen molar-refractivity contribution in [2.75, 3.05) is 13.1 Å². The molecule has 2 atom stereocenters. The van der Waals surface area contributed by atoms with Gasteiger partial charge < -0.3 is 14.5 Å². The van der Waals surface area contributed by atoms with Gasteiger partial charge in [-0.1, -0.05) is 12.1 Å². The number of carbonyl (C=O) groups is 2. The van der Waals surface area contributed by atoms with Gasteiger partial charge in [-0.2, -0.15) is 0 Å². The minimum Gasteiger partial charge on any atom is -0.481 e. The van der Waals surface area contributed by atoms with Crippen molar-refractivity contribution in [1.29, 1.82) is 0 Å². The van der Waals surface area contributed by atoms with Gasteiger partial charge in [0.2, 0.25) is 5.91 Å². The number of hydrogen-bond donors (Lipinski definition) is 1. The second kappa shape index (κ2) is 7.62. The van der Waals surface area contributed by atoms with Gasteiger partial charge in [0.1, 0.15) is 5.76 Å². The van der Waals surface area contributed by atoms with Gasteiger partial charge in [-0.15, -0.1) is 0 Å². The minimum absolute atomic E-state index is 0.120. The molecule has 1 amide bonds. The molecule has 6 heteroatoms. The predicted molar refractivity (Wildman–Crippen MR) is 85.0 cm³/mol. The lowest BCUT2D eigenvalue weighted by molar-refractivity contribution is -0.137. The van der Waals surface area contributed by atoms with Crippen molar-refractivity contribution in [2.24, 2.45) is 11.8 Å². The van der Waals surface area contributed by atoms with Gasteiger partial charge in [0.25, 0.3) is 0 Å². The van der Waals surface area contributed by atoms with Gasteiger partial charge in [0, 0.05) is 31.0 Å². The second-order valence-corrected chi connectivity index (χ2v) is 6.63. The van der Waals surface area contributed by atoms with Crippen molar-refractivity contribution in [3.63, 3.8) is 0 Å². The summed E-state index contributed by atoms with van der Waals surface area (Å²) < 4.78 is 5.16. The molecule has 2 heterocycles. The Morgan fingerprint density at radius 1 is 1.43 bits per heavy atom. The molecule has 128 valence electrons. The average molecular weight is 322 g/mol. The molecule has 0 aliphatic carbocycles. The smallest absolute Gasteiger partial charge is 0.303 e. The summed E-state index contributed by atoms with van der Waals surface area (Å²) in [4.78, 5) is 25.3. The fourth-order valence-corrected chi connectivity index (χ4v) is 3.33. The third-order valence-corrected chi connectivity index (χ3v) is 4.71. The van der Waals surface area contributed by atoms with Crippen LogP contribution in [-0.4, -0.2) is 40.1 Å². The van der Waals surface area contributed by atoms with Crippen molar-refractivity contribution in [2.45, 2.75) is 52.9 Å². The van der Waals surface area contributed by atoms with E-state index in [-0.39, 0.29) is 18.2 Å². The lowest BCUT2D eigenvalue weighted by Crippen LogP contribution is -2.43. The van der Waals surface area contributed by atoms with E-state index in [4.69, 9.17) is 9.63 Å². The van der Waals surface area contributed by atoms with E-state index < -0.39 is 5.97 Å². The van der Waals surface area contributed by atoms with Crippen LogP contribution in [0.15, 0.2) is 4.52 Å². The summed E-state index contributed by atoms with van der Waals surface area (Å²) in [5.74, 6) is 0.338. The van der Waals surface area contributed by atoms with Crippen molar-refractivity contribution >= 4 is 11.9 Å². The lowest BCUT2D eigenvalue weighted by atomic mass is 9.91. The maximum Gasteiger partial charge on any atom is 0.303 e. The van der Waals surface area contributed by atoms with Gasteiger partial charge in [0.05, 0.1) is 5.69 Å². The molecule has 0 radical (unpaired) electrons. The van der Waals surface area contributed by atoms with Crippen LogP contribution in [0.5, 0.6) is 0 Å². The molecular weight excluding hydrogens is 296 g/mol. The Morgan fingerprint density at radius 2 is 2.17 bits per heavy atom. The van der Waals surface area contributed by atoms with Crippen LogP contribution in [0.4, 0.5) is 0 Å². The number of rotatable bonds is 6. The van der Waals surface area contributed by atoms with Crippen LogP contribution in [-0.2, 0) is 16.0 Å². The summed E-state index contributed by atoms with van der Waals surface area (Å²) in [6.45, 7) is 7.16. The molecule has 2 rings (SSSR count). The molecule has 0 unspecified atom stereocenters. The van der Waals surface area contributed by atoms with E-state index in [0.29, 0.717) is 25.3 Å². The van der Waals surface area contributed by atoms with Gasteiger partial charge in [0.15, 0.2) is 0 Å². The van der Waals surface area contributed by atoms with Crippen molar-refractivity contribution < 1.29 is 19.2 Å². The average Bonchev–Trinajstić information content (AvgIpc) is 2.84. The number of likely N-dealkylation sites (tertiary alicyclic amines) is 1. The molecule has 1 saturated heterocycles. The van der Waals surface area contributed by atoms with Crippen LogP contribution in [0.25, 0.3) is 0 Å². The molecule has 1 aliphatic rings. The van der Waals surface area contributed by atoms with Crippen molar-refractivity contribution in [1.82, 2.24) is 10.1 Å². The highest BCUT2D eigenvalue weighted by molar-refractivity contribution is 5.79. The fourth-order valence-electron chi connectivity index (χ4n) is 3.33. The zero-order valence-corrected chi connectivity index (χ0v) is 14.2. The van der Waals surface area contributed by atoms with Crippen LogP contribution < -0.4 is 0 Å². The normalized spacial score (nSPS) is 19.6. The van der Waals surface area contributed by atoms with Crippen LogP contribution in [0, 0.1) is 25.7 Å². The van der Waals surface area contributed by atoms with Crippen LogP contribution in [0.2, 0.25) is 0 Å². The summed E-state index contributed by atoms with van der Waals surface area (Å²) in [6, 6.07) is 0. The molecule has 1 aliphatic heterocycles. The topological polar surface area (TPSA) is 83.6 Å². The Labute approximate surface area is 136 Å². The predicted octanol–water partition coefficient (Wildman–Crippen LogP) is 2.57. The molecule has 0 saturated carbocycles. The van der Waals surface area contributed by atoms with E-state index in [1.807, 2.05) is 25.7 Å². The summed E-state index contributed by atoms with van der Waals surface area (Å²) >= 11 is 0. The number of amides is 1. The first-order valence-corrected chi connectivity index (χ1v) is 8.30. The number of nitrogens with zero attached hydrogens (tertiary/aromatic N) is 2. The number of hydrogen-bond acceptors (Lipinski definition) is 4. The van der Waals surface area contributed by atoms with Crippen LogP contribution >= 0.6 is 0 Å². The van der Waals surface area contributed by atoms with E-state index in [0.717, 1.165) is 36.4 Å². The van der Waals surface area contributed by atoms with E-state index in [1.165, 1.54) is 0 Å². The molecule has 0 aromatic carbocycles. The quantitative estimate of drug-likeness (QED) is 0.870. The zero-order chi connectivity index (χ0) is 17.0. The molecule has 1 fully saturated rings. The Morgan fingerprint density at radius 3 is 2.78 bits per heavy atom. The molecule has 1 aromatic heterocycles. The first kappa shape index (κ1) is 17.5. The summed E-state index contributed by atoms with van der Waals surface area (Å²) in [7, 11) is 0. The summed E-state index contributed by atoms with van der Waals surface area (Å²) in [6.07, 6.45) is 3.43. The highest BCUT2D eigenvalue weighted by Crippen LogP contribution is 2.24. The third-order valence-electron chi connectivity index (χ3n) is 4.71. The van der Waals surface area contributed by atoms with E-state index in [9.17, 15) is 9.59 Å². The maximum atomic E-state index is 12.7. The molecule has 0 bridgehead atoms. The molecule has 1 aromatic rings. The fraction of sp³-hybridized carbons (Fsp3) is 0.706. The molecule has 0 spiro atoms. The number of aliphatic carboxylic acids is 1. The Kier molecular flexibility index (Phi) is 5.80. The highest BCUT2D eigenvalue weighted by atomic mass is 16.5. The van der Waals surface area contributed by atoms with Gasteiger partial charge in [-0.3, -0.25) is 9.59 Å². The summed E-state index contributed by atoms with van der Waals surface area (Å²) in [5.41, 5.74) is 1.87. The molecule has 6 nitrogen and oxygen atoms in total. The monoisotopic (exact) mass is 322 g/mol. The van der Waals surface area contributed by atoms with Crippen LogP contribution in [0.3, 0.4) is 0 Å². The van der Waals surface area contributed by atoms with Crippen molar-refractivity contribution in [3.8, 4) is 0 Å². The first-order chi connectivity index (χ1) is 10.9. The zero-order valence-electron chi connectivity index (χ0n) is 14.2. The first-order valence-electron chi connectivity index (χ1n) is 8.30. The van der Waals surface area contributed by atoms with E-state index >= 15 is 0 Å². The largest absolute Gasteiger partial charge is 0.481 e. The highest BCUT2D eigenvalue weighted by Gasteiger charge is 2.28. The number of aromatic nitrogens is 1. The Hall–Kier alpha value is -1.85. The van der Waals surface area contributed by atoms with Crippen molar-refractivity contribution in [3.05, 3.63) is 17.0 Å². The SMILES string of the molecule is Cc1noc(C)c1C[C@@H](C)C(=O)N1CCC[C@H](CCC(=O)O)C1. The molecular formula is C17H26N2O4. The Balaban J connectivity index is 1.92. The standard InChI is InChI=1S/C17H26N2O4/c1-11(9-15-12(2)18-23-13(15)3)17(22)19-8-4-5-14(10-19)6-7-16(20)21/h11,14H,4-10H2,1-3H3,(H,20,21)/t11-,14-/m1/s1. The second-order valence-electron chi connectivity index (χ2n) is 6.63. The Bertz CT molecular complexity index is 547.